The number of allylic oxidation sites excluding steroid dienone is 16. The Hall–Kier alpha value is -3.44. The minimum atomic E-state index is -0.957. The van der Waals surface area contributed by atoms with Crippen molar-refractivity contribution in [3.05, 3.63) is 107 Å². The summed E-state index contributed by atoms with van der Waals surface area (Å²) in [4.78, 5) is 22.6. The van der Waals surface area contributed by atoms with Gasteiger partial charge in [0.05, 0.1) is 6.10 Å². The summed E-state index contributed by atoms with van der Waals surface area (Å²) < 4.78 is 0. The highest BCUT2D eigenvalue weighted by atomic mass is 16.4. The molecule has 0 aliphatic heterocycles. The number of nitrogens with one attached hydrogen (secondary N) is 1. The van der Waals surface area contributed by atoms with Crippen LogP contribution in [0, 0.1) is 0 Å². The Morgan fingerprint density at radius 2 is 1.06 bits per heavy atom. The number of carboxylic acid groups (broad SMARTS) is 1. The van der Waals surface area contributed by atoms with Crippen molar-refractivity contribution in [1.82, 2.24) is 5.32 Å². The molecule has 1 aliphatic carbocycles. The fraction of sp³-hybridized carbons (Fsp3) is 0.333. The van der Waals surface area contributed by atoms with E-state index in [1.165, 1.54) is 0 Å². The zero-order valence-corrected chi connectivity index (χ0v) is 21.3. The van der Waals surface area contributed by atoms with E-state index in [0.717, 1.165) is 54.1 Å². The summed E-state index contributed by atoms with van der Waals surface area (Å²) in [6.45, 7) is 7.81. The zero-order chi connectivity index (χ0) is 26.1. The normalized spacial score (nSPS) is 21.3. The van der Waals surface area contributed by atoms with E-state index in [9.17, 15) is 14.7 Å². The van der Waals surface area contributed by atoms with Gasteiger partial charge in [0.1, 0.15) is 0 Å². The molecule has 5 nitrogen and oxygen atoms in total. The number of aliphatic hydroxyl groups is 1. The lowest BCUT2D eigenvalue weighted by Gasteiger charge is -2.25. The number of carboxylic acids is 1. The van der Waals surface area contributed by atoms with Crippen LogP contribution >= 0.6 is 0 Å². The molecular weight excluding hydrogens is 438 g/mol. The van der Waals surface area contributed by atoms with E-state index >= 15 is 0 Å². The molecule has 1 aliphatic rings. The third-order valence-corrected chi connectivity index (χ3v) is 5.30. The van der Waals surface area contributed by atoms with Gasteiger partial charge in [-0.1, -0.05) is 95.2 Å². The second-order valence-electron chi connectivity index (χ2n) is 8.76. The predicted molar refractivity (Wildman–Crippen MR) is 145 cm³/mol. The van der Waals surface area contributed by atoms with Gasteiger partial charge in [0.25, 0.3) is 0 Å². The molecule has 0 heterocycles. The molecule has 1 amide bonds. The average molecular weight is 478 g/mol. The summed E-state index contributed by atoms with van der Waals surface area (Å²) in [5, 5.41) is 21.2. The first kappa shape index (κ1) is 29.6. The zero-order valence-electron chi connectivity index (χ0n) is 21.3. The highest BCUT2D eigenvalue weighted by Gasteiger charge is 2.19. The average Bonchev–Trinajstić information content (AvgIpc) is 2.80. The Balaban J connectivity index is 2.47. The van der Waals surface area contributed by atoms with Crippen LogP contribution < -0.4 is 5.32 Å². The highest BCUT2D eigenvalue weighted by molar-refractivity contribution is 5.88. The molecular formula is C30H39NO4. The lowest BCUT2D eigenvalue weighted by Crippen LogP contribution is -2.37. The van der Waals surface area contributed by atoms with Crippen molar-refractivity contribution < 1.29 is 19.8 Å². The van der Waals surface area contributed by atoms with E-state index in [1.54, 1.807) is 18.2 Å². The number of hydrogen-bond acceptors (Lipinski definition) is 3. The molecule has 1 rings (SSSR count). The molecule has 1 saturated carbocycles. The van der Waals surface area contributed by atoms with E-state index in [0.29, 0.717) is 0 Å². The van der Waals surface area contributed by atoms with Crippen molar-refractivity contribution in [2.75, 3.05) is 0 Å². The monoisotopic (exact) mass is 477 g/mol. The molecule has 0 radical (unpaired) electrons. The fourth-order valence-electron chi connectivity index (χ4n) is 3.22. The number of carbonyl (C=O) groups is 2. The number of hydrogen-bond donors (Lipinski definition) is 3. The molecule has 3 N–H and O–H groups in total. The van der Waals surface area contributed by atoms with Crippen LogP contribution in [0.2, 0.25) is 0 Å². The SMILES string of the molecule is CC(=C/C=C/C(C)=C/C=C/C=C(C)/C=C/C=C(C)/C=C/C(=O)NC1CCC(O)CC1)/C=C/C(=O)O. The first-order valence-corrected chi connectivity index (χ1v) is 11.9. The minimum Gasteiger partial charge on any atom is -0.478 e. The van der Waals surface area contributed by atoms with Crippen molar-refractivity contribution >= 4 is 11.9 Å². The largest absolute Gasteiger partial charge is 0.478 e. The van der Waals surface area contributed by atoms with E-state index in [-0.39, 0.29) is 18.1 Å². The van der Waals surface area contributed by atoms with Gasteiger partial charge in [-0.2, -0.15) is 0 Å². The number of amides is 1. The summed E-state index contributed by atoms with van der Waals surface area (Å²) >= 11 is 0. The van der Waals surface area contributed by atoms with E-state index < -0.39 is 5.97 Å². The molecule has 0 saturated heterocycles. The third-order valence-electron chi connectivity index (χ3n) is 5.30. The van der Waals surface area contributed by atoms with E-state index in [4.69, 9.17) is 5.11 Å². The molecule has 0 aromatic rings. The molecule has 188 valence electrons. The number of rotatable bonds is 11. The smallest absolute Gasteiger partial charge is 0.328 e. The van der Waals surface area contributed by atoms with Crippen LogP contribution in [0.25, 0.3) is 0 Å². The van der Waals surface area contributed by atoms with Crippen LogP contribution in [0.4, 0.5) is 0 Å². The maximum absolute atomic E-state index is 12.1. The lowest BCUT2D eigenvalue weighted by molar-refractivity contribution is -0.131. The van der Waals surface area contributed by atoms with Crippen LogP contribution in [-0.4, -0.2) is 34.2 Å². The maximum atomic E-state index is 12.1. The Kier molecular flexibility index (Phi) is 14.4. The second kappa shape index (κ2) is 17.1. The lowest BCUT2D eigenvalue weighted by atomic mass is 9.93. The van der Waals surface area contributed by atoms with Gasteiger partial charge in [0.2, 0.25) is 5.91 Å². The van der Waals surface area contributed by atoms with Gasteiger partial charge in [0, 0.05) is 18.2 Å². The number of aliphatic hydroxyl groups excluding tert-OH is 1. The van der Waals surface area contributed by atoms with Crippen LogP contribution in [0.5, 0.6) is 0 Å². The van der Waals surface area contributed by atoms with Gasteiger partial charge in [-0.05, 0) is 53.4 Å². The standard InChI is InChI=1S/C30H39NO4/c1-23(9-5-6-10-24(2)12-8-14-26(4)16-22-30(34)35)11-7-13-25(3)15-21-29(33)31-27-17-19-28(32)20-18-27/h5-16,21-22,27-28,32H,17-20H2,1-4H3,(H,31,33)(H,34,35)/b6-5+,11-7+,12-8+,21-15+,22-16+,23-9+,24-10+,25-13+,26-14-. The minimum absolute atomic E-state index is 0.0938. The fourth-order valence-corrected chi connectivity index (χ4v) is 3.22. The van der Waals surface area contributed by atoms with Gasteiger partial charge < -0.3 is 15.5 Å². The maximum Gasteiger partial charge on any atom is 0.328 e. The Labute approximate surface area is 210 Å². The van der Waals surface area contributed by atoms with Gasteiger partial charge in [-0.25, -0.2) is 4.79 Å². The van der Waals surface area contributed by atoms with E-state index in [2.05, 4.69) is 5.32 Å². The number of carbonyl (C=O) groups excluding carboxylic acids is 1. The summed E-state index contributed by atoms with van der Waals surface area (Å²) in [6, 6.07) is 0.157. The van der Waals surface area contributed by atoms with Crippen LogP contribution in [0.3, 0.4) is 0 Å². The molecule has 0 bridgehead atoms. The highest BCUT2D eigenvalue weighted by Crippen LogP contribution is 2.18. The summed E-state index contributed by atoms with van der Waals surface area (Å²) in [7, 11) is 0. The van der Waals surface area contributed by atoms with Gasteiger partial charge in [0.15, 0.2) is 0 Å². The first-order valence-electron chi connectivity index (χ1n) is 11.9. The molecule has 0 atom stereocenters. The molecule has 35 heavy (non-hydrogen) atoms. The van der Waals surface area contributed by atoms with E-state index in [1.807, 2.05) is 88.5 Å². The van der Waals surface area contributed by atoms with Gasteiger partial charge >= 0.3 is 5.97 Å². The van der Waals surface area contributed by atoms with Crippen molar-refractivity contribution in [3.63, 3.8) is 0 Å². The predicted octanol–water partition coefficient (Wildman–Crippen LogP) is 6.06. The Morgan fingerprint density at radius 3 is 1.54 bits per heavy atom. The second-order valence-corrected chi connectivity index (χ2v) is 8.76. The summed E-state index contributed by atoms with van der Waals surface area (Å²) in [6.07, 6.45) is 28.5. The Bertz CT molecular complexity index is 976. The molecule has 0 spiro atoms. The van der Waals surface area contributed by atoms with Crippen molar-refractivity contribution in [2.45, 2.75) is 65.5 Å². The number of aliphatic carboxylic acids is 1. The van der Waals surface area contributed by atoms with Crippen LogP contribution in [0.15, 0.2) is 107 Å². The quantitative estimate of drug-likeness (QED) is 0.249. The van der Waals surface area contributed by atoms with Gasteiger partial charge in [-0.3, -0.25) is 4.79 Å². The Morgan fingerprint density at radius 1 is 0.629 bits per heavy atom. The van der Waals surface area contributed by atoms with Crippen molar-refractivity contribution in [3.8, 4) is 0 Å². The van der Waals surface area contributed by atoms with Crippen molar-refractivity contribution in [2.24, 2.45) is 0 Å². The molecule has 0 aromatic heterocycles. The van der Waals surface area contributed by atoms with Crippen LogP contribution in [0.1, 0.15) is 53.4 Å². The third kappa shape index (κ3) is 15.9. The molecule has 1 fully saturated rings. The summed E-state index contributed by atoms with van der Waals surface area (Å²) in [5.41, 5.74) is 4.01. The summed E-state index contributed by atoms with van der Waals surface area (Å²) in [5.74, 6) is -1.05. The molecule has 0 aromatic carbocycles. The molecule has 0 unspecified atom stereocenters. The van der Waals surface area contributed by atoms with Crippen LogP contribution in [-0.2, 0) is 9.59 Å². The van der Waals surface area contributed by atoms with Gasteiger partial charge in [-0.15, -0.1) is 0 Å². The first-order chi connectivity index (χ1) is 16.7. The molecule has 5 heteroatoms. The van der Waals surface area contributed by atoms with Crippen molar-refractivity contribution in [1.29, 1.82) is 0 Å². The topological polar surface area (TPSA) is 86.6 Å².